The second-order valence-electron chi connectivity index (χ2n) is 3.23. The van der Waals surface area contributed by atoms with Gasteiger partial charge < -0.3 is 0 Å². The molecule has 16 heavy (non-hydrogen) atoms. The molecule has 0 saturated heterocycles. The minimum atomic E-state index is 0.772. The van der Waals surface area contributed by atoms with Crippen LogP contribution in [0, 0.1) is 0 Å². The lowest BCUT2D eigenvalue weighted by Gasteiger charge is -1.96. The molecule has 0 saturated carbocycles. The highest BCUT2D eigenvalue weighted by molar-refractivity contribution is 7.99. The van der Waals surface area contributed by atoms with Gasteiger partial charge in [-0.3, -0.25) is 5.10 Å². The summed E-state index contributed by atoms with van der Waals surface area (Å²) in [7, 11) is 0. The highest BCUT2D eigenvalue weighted by Gasteiger charge is 2.07. The molecule has 0 spiro atoms. The Kier molecular flexibility index (Phi) is 2.30. The summed E-state index contributed by atoms with van der Waals surface area (Å²) in [5.41, 5.74) is 0.772. The molecule has 4 nitrogen and oxygen atoms in total. The third-order valence-electron chi connectivity index (χ3n) is 2.16. The number of aromatic nitrogens is 4. The molecule has 5 heteroatoms. The summed E-state index contributed by atoms with van der Waals surface area (Å²) >= 11 is 1.60. The van der Waals surface area contributed by atoms with Gasteiger partial charge in [0, 0.05) is 11.1 Å². The lowest BCUT2D eigenvalue weighted by atomic mass is 10.4. The summed E-state index contributed by atoms with van der Waals surface area (Å²) in [4.78, 5) is 9.26. The first-order valence-electron chi connectivity index (χ1n) is 4.80. The van der Waals surface area contributed by atoms with Crippen LogP contribution in [-0.2, 0) is 0 Å². The normalized spacial score (nSPS) is 10.8. The van der Waals surface area contributed by atoms with Gasteiger partial charge in [0.15, 0.2) is 5.65 Å². The summed E-state index contributed by atoms with van der Waals surface area (Å²) in [6.45, 7) is 0. The molecule has 0 atom stereocenters. The van der Waals surface area contributed by atoms with E-state index in [2.05, 4.69) is 32.3 Å². The van der Waals surface area contributed by atoms with Gasteiger partial charge in [0.1, 0.15) is 11.4 Å². The van der Waals surface area contributed by atoms with E-state index in [1.165, 1.54) is 6.33 Å². The molecule has 78 valence electrons. The third-order valence-corrected chi connectivity index (χ3v) is 3.18. The molecule has 0 aliphatic rings. The van der Waals surface area contributed by atoms with Crippen LogP contribution in [0.15, 0.2) is 52.8 Å². The lowest BCUT2D eigenvalue weighted by Crippen LogP contribution is -1.77. The van der Waals surface area contributed by atoms with Gasteiger partial charge in [0.05, 0.1) is 5.39 Å². The molecule has 0 radical (unpaired) electrons. The average molecular weight is 228 g/mol. The maximum atomic E-state index is 4.23. The Balaban J connectivity index is 2.01. The average Bonchev–Trinajstić information content (AvgIpc) is 2.74. The van der Waals surface area contributed by atoms with Crippen molar-refractivity contribution in [1.82, 2.24) is 20.2 Å². The summed E-state index contributed by atoms with van der Waals surface area (Å²) in [5, 5.41) is 8.97. The van der Waals surface area contributed by atoms with E-state index in [1.807, 2.05) is 18.2 Å². The van der Waals surface area contributed by atoms with Crippen molar-refractivity contribution in [3.8, 4) is 0 Å². The number of aromatic amines is 1. The van der Waals surface area contributed by atoms with Gasteiger partial charge in [-0.2, -0.15) is 5.10 Å². The predicted molar refractivity (Wildman–Crippen MR) is 62.2 cm³/mol. The molecule has 2 aromatic heterocycles. The number of nitrogens with one attached hydrogen (secondary N) is 1. The molecule has 2 heterocycles. The van der Waals surface area contributed by atoms with E-state index in [-0.39, 0.29) is 0 Å². The van der Waals surface area contributed by atoms with Crippen LogP contribution in [0.2, 0.25) is 0 Å². The predicted octanol–water partition coefficient (Wildman–Crippen LogP) is 2.50. The Morgan fingerprint density at radius 1 is 1.12 bits per heavy atom. The van der Waals surface area contributed by atoms with Crippen LogP contribution < -0.4 is 0 Å². The first-order valence-corrected chi connectivity index (χ1v) is 5.62. The number of H-pyrrole nitrogens is 1. The Hall–Kier alpha value is -1.88. The second kappa shape index (κ2) is 3.94. The topological polar surface area (TPSA) is 54.5 Å². The molecule has 0 aliphatic heterocycles. The largest absolute Gasteiger partial charge is 0.260 e. The summed E-state index contributed by atoms with van der Waals surface area (Å²) in [6.07, 6.45) is 3.29. The number of hydrogen-bond acceptors (Lipinski definition) is 4. The van der Waals surface area contributed by atoms with Gasteiger partial charge in [-0.15, -0.1) is 0 Å². The lowest BCUT2D eigenvalue weighted by molar-refractivity contribution is 1.01. The highest BCUT2D eigenvalue weighted by Crippen LogP contribution is 2.30. The molecule has 3 rings (SSSR count). The van der Waals surface area contributed by atoms with Crippen molar-refractivity contribution in [2.24, 2.45) is 0 Å². The van der Waals surface area contributed by atoms with Gasteiger partial charge in [-0.05, 0) is 12.1 Å². The van der Waals surface area contributed by atoms with E-state index < -0.39 is 0 Å². The minimum absolute atomic E-state index is 0.772. The van der Waals surface area contributed by atoms with Crippen molar-refractivity contribution in [3.05, 3.63) is 42.9 Å². The second-order valence-corrected chi connectivity index (χ2v) is 4.29. The van der Waals surface area contributed by atoms with E-state index in [4.69, 9.17) is 0 Å². The van der Waals surface area contributed by atoms with Crippen molar-refractivity contribution in [2.75, 3.05) is 0 Å². The fourth-order valence-electron chi connectivity index (χ4n) is 1.42. The van der Waals surface area contributed by atoms with Crippen LogP contribution in [0.4, 0.5) is 0 Å². The summed E-state index contributed by atoms with van der Waals surface area (Å²) in [6, 6.07) is 10.1. The minimum Gasteiger partial charge on any atom is -0.260 e. The number of benzene rings is 1. The third kappa shape index (κ3) is 1.65. The number of fused-ring (bicyclic) bond motifs is 1. The molecular weight excluding hydrogens is 220 g/mol. The quantitative estimate of drug-likeness (QED) is 0.732. The zero-order chi connectivity index (χ0) is 10.8. The van der Waals surface area contributed by atoms with Crippen LogP contribution >= 0.6 is 11.8 Å². The smallest absolute Gasteiger partial charge is 0.159 e. The van der Waals surface area contributed by atoms with Crippen molar-refractivity contribution in [2.45, 2.75) is 9.92 Å². The zero-order valence-corrected chi connectivity index (χ0v) is 9.11. The molecule has 0 fully saturated rings. The first-order chi connectivity index (χ1) is 7.93. The van der Waals surface area contributed by atoms with Crippen molar-refractivity contribution in [1.29, 1.82) is 0 Å². The molecular formula is C11H8N4S. The Labute approximate surface area is 96.1 Å². The van der Waals surface area contributed by atoms with Gasteiger partial charge in [-0.25, -0.2) is 9.97 Å². The van der Waals surface area contributed by atoms with E-state index in [0.717, 1.165) is 21.0 Å². The standard InChI is InChI=1S/C11H8N4S/c1-2-4-8(5-3-1)16-11-9-6-12-7-13-10(9)14-15-11/h1-7H,(H,12,13,14,15). The zero-order valence-electron chi connectivity index (χ0n) is 8.29. The molecule has 1 N–H and O–H groups in total. The molecule has 1 aromatic carbocycles. The SMILES string of the molecule is c1ccc(Sc2n[nH]c3ncncc23)cc1. The van der Waals surface area contributed by atoms with Crippen molar-refractivity contribution < 1.29 is 0 Å². The van der Waals surface area contributed by atoms with Crippen molar-refractivity contribution in [3.63, 3.8) is 0 Å². The van der Waals surface area contributed by atoms with Crippen LogP contribution in [0.25, 0.3) is 11.0 Å². The van der Waals surface area contributed by atoms with Gasteiger partial charge >= 0.3 is 0 Å². The van der Waals surface area contributed by atoms with Gasteiger partial charge in [0.2, 0.25) is 0 Å². The first kappa shape index (κ1) is 9.35. The summed E-state index contributed by atoms with van der Waals surface area (Å²) < 4.78 is 0. The molecule has 0 unspecified atom stereocenters. The maximum Gasteiger partial charge on any atom is 0.159 e. The Morgan fingerprint density at radius 2 is 2.00 bits per heavy atom. The number of hydrogen-bond donors (Lipinski definition) is 1. The fraction of sp³-hybridized carbons (Fsp3) is 0. The van der Waals surface area contributed by atoms with E-state index in [0.29, 0.717) is 0 Å². The number of rotatable bonds is 2. The van der Waals surface area contributed by atoms with E-state index >= 15 is 0 Å². The van der Waals surface area contributed by atoms with Crippen LogP contribution in [0.1, 0.15) is 0 Å². The Bertz CT molecular complexity index is 605. The monoisotopic (exact) mass is 228 g/mol. The fourth-order valence-corrected chi connectivity index (χ4v) is 2.28. The van der Waals surface area contributed by atoms with Gasteiger partial charge in [0.25, 0.3) is 0 Å². The van der Waals surface area contributed by atoms with E-state index in [1.54, 1.807) is 18.0 Å². The van der Waals surface area contributed by atoms with Crippen LogP contribution in [0.5, 0.6) is 0 Å². The van der Waals surface area contributed by atoms with Crippen LogP contribution in [0.3, 0.4) is 0 Å². The maximum absolute atomic E-state index is 4.23. The van der Waals surface area contributed by atoms with Crippen molar-refractivity contribution >= 4 is 22.8 Å². The van der Waals surface area contributed by atoms with E-state index in [9.17, 15) is 0 Å². The number of nitrogens with zero attached hydrogens (tertiary/aromatic N) is 3. The van der Waals surface area contributed by atoms with Gasteiger partial charge in [-0.1, -0.05) is 30.0 Å². The highest BCUT2D eigenvalue weighted by atomic mass is 32.2. The molecule has 0 aliphatic carbocycles. The Morgan fingerprint density at radius 3 is 2.88 bits per heavy atom. The molecule has 3 aromatic rings. The molecule has 0 amide bonds. The van der Waals surface area contributed by atoms with Crippen LogP contribution in [-0.4, -0.2) is 20.2 Å². The summed E-state index contributed by atoms with van der Waals surface area (Å²) in [5.74, 6) is 0. The molecule has 0 bridgehead atoms.